The van der Waals surface area contributed by atoms with Crippen LogP contribution in [0.5, 0.6) is 0 Å². The number of hydrogen-bond acceptors (Lipinski definition) is 2. The van der Waals surface area contributed by atoms with Crippen LogP contribution in [0.4, 0.5) is 0 Å². The summed E-state index contributed by atoms with van der Waals surface area (Å²) in [6, 6.07) is 11.9. The second-order valence-electron chi connectivity index (χ2n) is 8.18. The molecule has 0 heterocycles. The van der Waals surface area contributed by atoms with Gasteiger partial charge in [-0.15, -0.1) is 0 Å². The van der Waals surface area contributed by atoms with Crippen LogP contribution >= 0.6 is 0 Å². The average molecular weight is 355 g/mol. The van der Waals surface area contributed by atoms with Crippen LogP contribution in [0.25, 0.3) is 0 Å². The largest absolute Gasteiger partial charge is 0.375 e. The molecule has 0 bridgehead atoms. The molecule has 0 radical (unpaired) electrons. The van der Waals surface area contributed by atoms with Gasteiger partial charge in [-0.25, -0.2) is 0 Å². The van der Waals surface area contributed by atoms with Crippen LogP contribution in [0.15, 0.2) is 55.4 Å². The molecule has 1 aliphatic rings. The van der Waals surface area contributed by atoms with Crippen LogP contribution < -0.4 is 0 Å². The third-order valence-electron chi connectivity index (χ3n) is 6.08. The van der Waals surface area contributed by atoms with E-state index < -0.39 is 0 Å². The quantitative estimate of drug-likeness (QED) is 0.507. The first-order chi connectivity index (χ1) is 12.4. The Morgan fingerprint density at radius 1 is 1.31 bits per heavy atom. The normalized spacial score (nSPS) is 22.4. The number of nitrogens with zero attached hydrogens (tertiary/aromatic N) is 2. The lowest BCUT2D eigenvalue weighted by molar-refractivity contribution is 0.0880. The van der Waals surface area contributed by atoms with E-state index in [1.807, 2.05) is 0 Å². The zero-order valence-electron chi connectivity index (χ0n) is 17.4. The summed E-state index contributed by atoms with van der Waals surface area (Å²) >= 11 is 0. The van der Waals surface area contributed by atoms with Gasteiger partial charge in [0.1, 0.15) is 0 Å². The Kier molecular flexibility index (Phi) is 7.37. The van der Waals surface area contributed by atoms with Crippen LogP contribution in [-0.2, 0) is 6.42 Å². The summed E-state index contributed by atoms with van der Waals surface area (Å²) in [6.45, 7) is 18.6. The minimum Gasteiger partial charge on any atom is -0.375 e. The van der Waals surface area contributed by atoms with Crippen molar-refractivity contribution >= 4 is 0 Å². The molecule has 144 valence electrons. The Hall–Kier alpha value is -1.70. The van der Waals surface area contributed by atoms with Crippen molar-refractivity contribution < 1.29 is 0 Å². The summed E-state index contributed by atoms with van der Waals surface area (Å²) < 4.78 is 0. The zero-order chi connectivity index (χ0) is 19.2. The van der Waals surface area contributed by atoms with Gasteiger partial charge in [0.05, 0.1) is 0 Å². The molecule has 1 saturated carbocycles. The van der Waals surface area contributed by atoms with E-state index in [9.17, 15) is 0 Å². The number of hydrogen-bond donors (Lipinski definition) is 0. The SMILES string of the molecule is C=CN(CCCc1ccccc1)C1CCC(CC)(N(C(=C)C)C(C)C)C1. The molecule has 0 N–H and O–H groups in total. The Balaban J connectivity index is 1.99. The summed E-state index contributed by atoms with van der Waals surface area (Å²) in [5.41, 5.74) is 2.89. The van der Waals surface area contributed by atoms with E-state index in [1.165, 1.54) is 43.4 Å². The summed E-state index contributed by atoms with van der Waals surface area (Å²) in [4.78, 5) is 5.08. The smallest absolute Gasteiger partial charge is 0.0419 e. The van der Waals surface area contributed by atoms with Crippen LogP contribution in [0.2, 0.25) is 0 Å². The second kappa shape index (κ2) is 9.30. The molecule has 1 aromatic carbocycles. The van der Waals surface area contributed by atoms with Gasteiger partial charge in [-0.1, -0.05) is 50.4 Å². The van der Waals surface area contributed by atoms with Gasteiger partial charge in [0, 0.05) is 29.9 Å². The summed E-state index contributed by atoms with van der Waals surface area (Å²) in [5.74, 6) is 0. The van der Waals surface area contributed by atoms with E-state index in [0.717, 1.165) is 13.0 Å². The lowest BCUT2D eigenvalue weighted by atomic mass is 9.89. The van der Waals surface area contributed by atoms with Crippen molar-refractivity contribution in [2.24, 2.45) is 0 Å². The zero-order valence-corrected chi connectivity index (χ0v) is 17.4. The van der Waals surface area contributed by atoms with Crippen LogP contribution in [0.3, 0.4) is 0 Å². The summed E-state index contributed by atoms with van der Waals surface area (Å²) in [5, 5.41) is 0. The molecule has 1 aliphatic carbocycles. The highest BCUT2D eigenvalue weighted by atomic mass is 15.3. The van der Waals surface area contributed by atoms with E-state index in [4.69, 9.17) is 0 Å². The molecule has 2 nitrogen and oxygen atoms in total. The monoisotopic (exact) mass is 354 g/mol. The van der Waals surface area contributed by atoms with Crippen LogP contribution in [0.1, 0.15) is 65.4 Å². The fourth-order valence-corrected chi connectivity index (χ4v) is 5.00. The molecule has 2 atom stereocenters. The first-order valence-electron chi connectivity index (χ1n) is 10.3. The van der Waals surface area contributed by atoms with Gasteiger partial charge in [-0.3, -0.25) is 0 Å². The molecular weight excluding hydrogens is 316 g/mol. The van der Waals surface area contributed by atoms with Gasteiger partial charge in [0.2, 0.25) is 0 Å². The average Bonchev–Trinajstić information content (AvgIpc) is 3.04. The third kappa shape index (κ3) is 4.72. The first kappa shape index (κ1) is 20.6. The predicted octanol–water partition coefficient (Wildman–Crippen LogP) is 6.01. The standard InChI is InChI=1S/C24H38N2/c1-7-24(26(20(3)4)21(5)6)17-16-23(19-24)25(8-2)18-12-15-22-13-10-9-11-14-22/h8-11,13-14,21,23H,2-3,7,12,15-19H2,1,4-6H3. The molecule has 0 aliphatic heterocycles. The van der Waals surface area contributed by atoms with Gasteiger partial charge in [-0.2, -0.15) is 0 Å². The Morgan fingerprint density at radius 2 is 2.00 bits per heavy atom. The minimum absolute atomic E-state index is 0.255. The second-order valence-corrected chi connectivity index (χ2v) is 8.18. The highest BCUT2D eigenvalue weighted by Gasteiger charge is 2.44. The van der Waals surface area contributed by atoms with E-state index >= 15 is 0 Å². The molecule has 26 heavy (non-hydrogen) atoms. The molecule has 2 unspecified atom stereocenters. The van der Waals surface area contributed by atoms with Crippen molar-refractivity contribution in [2.45, 2.75) is 83.8 Å². The number of allylic oxidation sites excluding steroid dienone is 1. The molecular formula is C24H38N2. The lowest BCUT2D eigenvalue weighted by Gasteiger charge is -2.46. The fraction of sp³-hybridized carbons (Fsp3) is 0.583. The molecule has 2 rings (SSSR count). The summed E-state index contributed by atoms with van der Waals surface area (Å²) in [6.07, 6.45) is 9.29. The molecule has 2 heteroatoms. The van der Waals surface area contributed by atoms with E-state index in [-0.39, 0.29) is 5.54 Å². The molecule has 0 amide bonds. The number of aryl methyl sites for hydroxylation is 1. The Morgan fingerprint density at radius 3 is 2.54 bits per heavy atom. The maximum absolute atomic E-state index is 4.28. The third-order valence-corrected chi connectivity index (χ3v) is 6.08. The molecule has 0 spiro atoms. The minimum atomic E-state index is 0.255. The van der Waals surface area contributed by atoms with E-state index in [1.54, 1.807) is 0 Å². The topological polar surface area (TPSA) is 6.48 Å². The van der Waals surface area contributed by atoms with Gasteiger partial charge in [0.15, 0.2) is 0 Å². The highest BCUT2D eigenvalue weighted by Crippen LogP contribution is 2.43. The number of benzene rings is 1. The van der Waals surface area contributed by atoms with Crippen molar-refractivity contribution in [2.75, 3.05) is 6.54 Å². The molecule has 0 aromatic heterocycles. The van der Waals surface area contributed by atoms with Crippen molar-refractivity contribution in [1.29, 1.82) is 0 Å². The Labute approximate surface area is 161 Å². The fourth-order valence-electron chi connectivity index (χ4n) is 5.00. The summed E-state index contributed by atoms with van der Waals surface area (Å²) in [7, 11) is 0. The van der Waals surface area contributed by atoms with Crippen molar-refractivity contribution in [3.8, 4) is 0 Å². The van der Waals surface area contributed by atoms with Gasteiger partial charge >= 0.3 is 0 Å². The van der Waals surface area contributed by atoms with Crippen molar-refractivity contribution in [3.63, 3.8) is 0 Å². The van der Waals surface area contributed by atoms with Gasteiger partial charge in [0.25, 0.3) is 0 Å². The number of rotatable bonds is 10. The highest BCUT2D eigenvalue weighted by molar-refractivity contribution is 5.14. The molecule has 0 saturated heterocycles. The van der Waals surface area contributed by atoms with E-state index in [0.29, 0.717) is 12.1 Å². The van der Waals surface area contributed by atoms with Crippen molar-refractivity contribution in [1.82, 2.24) is 9.80 Å². The maximum atomic E-state index is 4.28. The van der Waals surface area contributed by atoms with Crippen molar-refractivity contribution in [3.05, 3.63) is 61.0 Å². The first-order valence-corrected chi connectivity index (χ1v) is 10.3. The Bertz CT molecular complexity index is 577. The maximum Gasteiger partial charge on any atom is 0.0419 e. The van der Waals surface area contributed by atoms with Gasteiger partial charge < -0.3 is 9.80 Å². The molecule has 1 aromatic rings. The van der Waals surface area contributed by atoms with Crippen LogP contribution in [0, 0.1) is 0 Å². The molecule has 1 fully saturated rings. The predicted molar refractivity (Wildman–Crippen MR) is 114 cm³/mol. The van der Waals surface area contributed by atoms with E-state index in [2.05, 4.69) is 87.2 Å². The lowest BCUT2D eigenvalue weighted by Crippen LogP contribution is -2.49. The van der Waals surface area contributed by atoms with Crippen LogP contribution in [-0.4, -0.2) is 34.0 Å². The van der Waals surface area contributed by atoms with Gasteiger partial charge in [-0.05, 0) is 71.1 Å².